The monoisotopic (exact) mass is 779 g/mol. The number of aromatic nitrogens is 4. The number of pyridine rings is 1. The van der Waals surface area contributed by atoms with Gasteiger partial charge in [0.15, 0.2) is 17.8 Å². The summed E-state index contributed by atoms with van der Waals surface area (Å²) in [5.41, 5.74) is -2.31. The van der Waals surface area contributed by atoms with Crippen LogP contribution in [0, 0.1) is 0 Å². The lowest BCUT2D eigenvalue weighted by Crippen LogP contribution is -2.44. The molecule has 0 unspecified atom stereocenters. The first kappa shape index (κ1) is 36.7. The molecule has 51 heavy (non-hydrogen) atoms. The number of hydrogen-bond donors (Lipinski definition) is 0. The minimum Gasteiger partial charge on any atom is -0.490 e. The van der Waals surface area contributed by atoms with Crippen LogP contribution in [0.2, 0.25) is 0 Å². The molecule has 2 aliphatic rings. The van der Waals surface area contributed by atoms with Crippen LogP contribution in [0.4, 0.5) is 28.6 Å². The fourth-order valence-corrected chi connectivity index (χ4v) is 6.21. The maximum absolute atomic E-state index is 14.2. The molecule has 2 saturated heterocycles. The quantitative estimate of drug-likeness (QED) is 0.195. The third kappa shape index (κ3) is 7.76. The molecule has 6 rings (SSSR count). The Labute approximate surface area is 299 Å². The molecule has 13 nitrogen and oxygen atoms in total. The van der Waals surface area contributed by atoms with Crippen molar-refractivity contribution >= 4 is 55.9 Å². The summed E-state index contributed by atoms with van der Waals surface area (Å²) in [6.07, 6.45) is -5.79. The Morgan fingerprint density at radius 2 is 1.61 bits per heavy atom. The predicted molar refractivity (Wildman–Crippen MR) is 180 cm³/mol. The van der Waals surface area contributed by atoms with Gasteiger partial charge in [0.1, 0.15) is 53.8 Å². The van der Waals surface area contributed by atoms with Crippen molar-refractivity contribution in [3.8, 4) is 5.75 Å². The molecule has 17 heteroatoms. The molecule has 274 valence electrons. The van der Waals surface area contributed by atoms with Gasteiger partial charge in [-0.05, 0) is 89.5 Å². The number of fused-ring (bicyclic) bond motifs is 3. The maximum Gasteiger partial charge on any atom is 0.425 e. The molecule has 2 fully saturated rings. The topological polar surface area (TPSA) is 136 Å². The van der Waals surface area contributed by atoms with E-state index < -0.39 is 71.2 Å². The summed E-state index contributed by atoms with van der Waals surface area (Å²) in [6.45, 7) is 13.0. The number of anilines is 1. The van der Waals surface area contributed by atoms with Gasteiger partial charge < -0.3 is 33.0 Å². The molecule has 2 amide bonds. The predicted octanol–water partition coefficient (Wildman–Crippen LogP) is 7.93. The molecule has 0 aliphatic carbocycles. The first-order valence-corrected chi connectivity index (χ1v) is 16.8. The van der Waals surface area contributed by atoms with E-state index >= 15 is 0 Å². The normalized spacial score (nSPS) is 21.9. The molecular formula is C34H37BrF3N5O8. The lowest BCUT2D eigenvalue weighted by molar-refractivity contribution is -0.199. The SMILES string of the molecule is CC(C)(C)OC(=O)N(C(=O)OC(C)(C)C)c1ncnc2c1ccn2[C@@H]1O[C@H](COc2cc3ncc(Br)cc3cc2C(F)(F)F)[C@H]2OC(C)(C)O[C@H]21. The Balaban J connectivity index is 1.34. The third-order valence-electron chi connectivity index (χ3n) is 7.71. The Morgan fingerprint density at radius 1 is 0.961 bits per heavy atom. The van der Waals surface area contributed by atoms with Crippen molar-refractivity contribution in [3.63, 3.8) is 0 Å². The first-order chi connectivity index (χ1) is 23.6. The smallest absolute Gasteiger partial charge is 0.425 e. The van der Waals surface area contributed by atoms with E-state index in [-0.39, 0.29) is 28.8 Å². The number of carbonyl (C=O) groups is 2. The van der Waals surface area contributed by atoms with Crippen molar-refractivity contribution in [3.05, 3.63) is 53.0 Å². The van der Waals surface area contributed by atoms with Crippen LogP contribution >= 0.6 is 15.9 Å². The minimum atomic E-state index is -4.71. The number of imide groups is 1. The minimum absolute atomic E-state index is 0.0998. The summed E-state index contributed by atoms with van der Waals surface area (Å²) < 4.78 is 80.3. The Hall–Kier alpha value is -4.06. The van der Waals surface area contributed by atoms with Gasteiger partial charge in [-0.1, -0.05) is 0 Å². The van der Waals surface area contributed by atoms with Crippen LogP contribution < -0.4 is 9.64 Å². The highest BCUT2D eigenvalue weighted by atomic mass is 79.9. The van der Waals surface area contributed by atoms with E-state index in [2.05, 4.69) is 30.9 Å². The van der Waals surface area contributed by atoms with Crippen LogP contribution in [0.5, 0.6) is 5.75 Å². The van der Waals surface area contributed by atoms with Crippen molar-refractivity contribution in [1.82, 2.24) is 19.5 Å². The van der Waals surface area contributed by atoms with Gasteiger partial charge in [0, 0.05) is 28.3 Å². The molecule has 0 saturated carbocycles. The van der Waals surface area contributed by atoms with Gasteiger partial charge >= 0.3 is 18.4 Å². The highest BCUT2D eigenvalue weighted by Crippen LogP contribution is 2.45. The second-order valence-electron chi connectivity index (χ2n) is 14.6. The van der Waals surface area contributed by atoms with Crippen molar-refractivity contribution in [2.45, 2.75) is 103 Å². The van der Waals surface area contributed by atoms with Gasteiger partial charge in [0.25, 0.3) is 0 Å². The number of benzene rings is 1. The van der Waals surface area contributed by atoms with Gasteiger partial charge in [-0.2, -0.15) is 18.1 Å². The molecule has 5 heterocycles. The Bertz CT molecular complexity index is 1960. The van der Waals surface area contributed by atoms with Gasteiger partial charge in [-0.3, -0.25) is 4.98 Å². The average Bonchev–Trinajstić information content (AvgIpc) is 3.64. The molecular weight excluding hydrogens is 743 g/mol. The van der Waals surface area contributed by atoms with Crippen molar-refractivity contribution in [1.29, 1.82) is 0 Å². The van der Waals surface area contributed by atoms with E-state index in [1.807, 2.05) is 0 Å². The first-order valence-electron chi connectivity index (χ1n) is 16.0. The van der Waals surface area contributed by atoms with Crippen LogP contribution in [-0.4, -0.2) is 73.6 Å². The van der Waals surface area contributed by atoms with Crippen LogP contribution in [0.25, 0.3) is 21.9 Å². The molecule has 1 aromatic carbocycles. The number of hydrogen-bond acceptors (Lipinski definition) is 11. The molecule has 2 aliphatic heterocycles. The van der Waals surface area contributed by atoms with E-state index in [4.69, 9.17) is 28.4 Å². The summed E-state index contributed by atoms with van der Waals surface area (Å²) in [6, 6.07) is 5.36. The summed E-state index contributed by atoms with van der Waals surface area (Å²) in [4.78, 5) is 40.4. The Morgan fingerprint density at radius 3 is 2.24 bits per heavy atom. The van der Waals surface area contributed by atoms with Crippen molar-refractivity contribution in [2.24, 2.45) is 0 Å². The number of amides is 2. The van der Waals surface area contributed by atoms with E-state index in [0.717, 1.165) is 6.07 Å². The largest absolute Gasteiger partial charge is 0.490 e. The van der Waals surface area contributed by atoms with Gasteiger partial charge in [0.05, 0.1) is 16.5 Å². The van der Waals surface area contributed by atoms with Crippen molar-refractivity contribution < 1.29 is 51.2 Å². The lowest BCUT2D eigenvalue weighted by atomic mass is 10.1. The molecule has 0 N–H and O–H groups in total. The number of nitrogens with zero attached hydrogens (tertiary/aromatic N) is 5. The van der Waals surface area contributed by atoms with Gasteiger partial charge in [-0.25, -0.2) is 19.6 Å². The van der Waals surface area contributed by atoms with E-state index in [1.54, 1.807) is 78.3 Å². The van der Waals surface area contributed by atoms with Crippen LogP contribution in [0.3, 0.4) is 0 Å². The number of rotatable bonds is 5. The van der Waals surface area contributed by atoms with E-state index in [0.29, 0.717) is 14.9 Å². The summed E-state index contributed by atoms with van der Waals surface area (Å²) >= 11 is 3.25. The number of carbonyl (C=O) groups excluding carboxylic acids is 2. The summed E-state index contributed by atoms with van der Waals surface area (Å²) in [5, 5.41) is 0.561. The van der Waals surface area contributed by atoms with E-state index in [1.165, 1.54) is 18.6 Å². The molecule has 0 bridgehead atoms. The Kier molecular flexibility index (Phi) is 9.26. The van der Waals surface area contributed by atoms with E-state index in [9.17, 15) is 22.8 Å². The summed E-state index contributed by atoms with van der Waals surface area (Å²) in [7, 11) is 0. The average molecular weight is 781 g/mol. The number of ether oxygens (including phenoxy) is 6. The van der Waals surface area contributed by atoms with Crippen molar-refractivity contribution in [2.75, 3.05) is 11.5 Å². The van der Waals surface area contributed by atoms with Crippen LogP contribution in [0.15, 0.2) is 47.5 Å². The molecule has 0 spiro atoms. The zero-order valence-corrected chi connectivity index (χ0v) is 30.7. The molecule has 4 atom stereocenters. The van der Waals surface area contributed by atoms with Crippen LogP contribution in [-0.2, 0) is 29.9 Å². The maximum atomic E-state index is 14.2. The number of halogens is 4. The summed E-state index contributed by atoms with van der Waals surface area (Å²) in [5.74, 6) is -1.59. The highest BCUT2D eigenvalue weighted by Gasteiger charge is 2.56. The fourth-order valence-electron chi connectivity index (χ4n) is 5.86. The molecule has 4 aromatic rings. The third-order valence-corrected chi connectivity index (χ3v) is 8.14. The van der Waals surface area contributed by atoms with Gasteiger partial charge in [-0.15, -0.1) is 0 Å². The van der Waals surface area contributed by atoms with Crippen LogP contribution in [0.1, 0.15) is 67.2 Å². The second kappa shape index (κ2) is 12.9. The standard InChI is InChI=1S/C34H37BrF3N5O8/c1-31(2,3)50-29(44)43(30(45)51-32(4,5)6)27-19-9-10-42(26(19)40-16-41-27)28-25-24(48-33(7,8)49-25)23(47-28)15-46-22-13-21-17(11-18(35)14-39-21)12-20(22)34(36,37)38/h9-14,16,23-25,28H,15H2,1-8H3/t23-,24-,25-,28-/m1/s1. The molecule has 3 aromatic heterocycles. The van der Waals surface area contributed by atoms with Gasteiger partial charge in [0.2, 0.25) is 0 Å². The lowest BCUT2D eigenvalue weighted by Gasteiger charge is -2.28. The second-order valence-corrected chi connectivity index (χ2v) is 15.5. The zero-order chi connectivity index (χ0) is 37.3. The number of alkyl halides is 3. The highest BCUT2D eigenvalue weighted by molar-refractivity contribution is 9.10. The fraction of sp³-hybridized carbons (Fsp3) is 0.500. The zero-order valence-electron chi connectivity index (χ0n) is 29.1. The molecule has 0 radical (unpaired) electrons.